The summed E-state index contributed by atoms with van der Waals surface area (Å²) in [6, 6.07) is 0.0739. The van der Waals surface area contributed by atoms with Gasteiger partial charge in [-0.15, -0.1) is 0 Å². The standard InChI is InChI=1S/C26H50N4O8/c1-7-28-23(32)9-13-36-17-26(16-35-12-8-22(31)27-6,18-37-14-10-24(33)29-20(2)3)19-38-15-11-25(34)30-21(4)5/h20-21H,7-19H2,1-6H3,(H,27,31)(H,28,32)(H,29,33)(H,30,34). The van der Waals surface area contributed by atoms with Gasteiger partial charge in [-0.3, -0.25) is 19.2 Å². The summed E-state index contributed by atoms with van der Waals surface area (Å²) in [5.74, 6) is -0.482. The van der Waals surface area contributed by atoms with Gasteiger partial charge in [-0.1, -0.05) is 0 Å². The van der Waals surface area contributed by atoms with Crippen LogP contribution in [0.3, 0.4) is 0 Å². The van der Waals surface area contributed by atoms with Gasteiger partial charge in [0.2, 0.25) is 23.6 Å². The highest BCUT2D eigenvalue weighted by Crippen LogP contribution is 2.21. The summed E-state index contributed by atoms with van der Waals surface area (Å²) < 4.78 is 23.4. The summed E-state index contributed by atoms with van der Waals surface area (Å²) in [5.41, 5.74) is -0.785. The van der Waals surface area contributed by atoms with E-state index in [1.165, 1.54) is 0 Å². The van der Waals surface area contributed by atoms with Gasteiger partial charge in [-0.05, 0) is 34.6 Å². The molecule has 0 saturated carbocycles. The molecule has 0 fully saturated rings. The van der Waals surface area contributed by atoms with Crippen LogP contribution in [0.2, 0.25) is 0 Å². The number of hydrogen-bond donors (Lipinski definition) is 4. The highest BCUT2D eigenvalue weighted by Gasteiger charge is 2.33. The topological polar surface area (TPSA) is 153 Å². The van der Waals surface area contributed by atoms with E-state index in [0.29, 0.717) is 6.54 Å². The Hall–Kier alpha value is -2.28. The summed E-state index contributed by atoms with van der Waals surface area (Å²) in [6.07, 6.45) is 0.783. The summed E-state index contributed by atoms with van der Waals surface area (Å²) in [5, 5.41) is 10.9. The second-order valence-electron chi connectivity index (χ2n) is 9.78. The minimum absolute atomic E-state index is 0.0370. The van der Waals surface area contributed by atoms with Gasteiger partial charge < -0.3 is 40.2 Å². The zero-order valence-corrected chi connectivity index (χ0v) is 24.1. The Morgan fingerprint density at radius 2 is 0.947 bits per heavy atom. The van der Waals surface area contributed by atoms with Crippen molar-refractivity contribution in [3.05, 3.63) is 0 Å². The van der Waals surface area contributed by atoms with Crippen molar-refractivity contribution in [1.82, 2.24) is 21.3 Å². The number of hydrogen-bond acceptors (Lipinski definition) is 8. The molecule has 0 spiro atoms. The van der Waals surface area contributed by atoms with Crippen molar-refractivity contribution in [2.45, 2.75) is 72.4 Å². The van der Waals surface area contributed by atoms with E-state index >= 15 is 0 Å². The number of carbonyl (C=O) groups excluding carboxylic acids is 4. The van der Waals surface area contributed by atoms with Crippen LogP contribution in [0.5, 0.6) is 0 Å². The molecule has 0 aromatic rings. The van der Waals surface area contributed by atoms with Crippen molar-refractivity contribution in [3.63, 3.8) is 0 Å². The lowest BCUT2D eigenvalue weighted by molar-refractivity contribution is -0.129. The normalized spacial score (nSPS) is 11.5. The predicted octanol–water partition coefficient (Wildman–Crippen LogP) is 0.531. The Balaban J connectivity index is 5.23. The Bertz CT molecular complexity index is 658. The monoisotopic (exact) mass is 546 g/mol. The molecule has 0 radical (unpaired) electrons. The van der Waals surface area contributed by atoms with Crippen molar-refractivity contribution < 1.29 is 38.1 Å². The lowest BCUT2D eigenvalue weighted by Crippen LogP contribution is -2.43. The first-order valence-electron chi connectivity index (χ1n) is 13.4. The maximum absolute atomic E-state index is 12.0. The number of amides is 4. The molecular weight excluding hydrogens is 496 g/mol. The molecule has 4 N–H and O–H groups in total. The molecule has 0 aliphatic rings. The lowest BCUT2D eigenvalue weighted by atomic mass is 9.92. The lowest BCUT2D eigenvalue weighted by Gasteiger charge is -2.33. The fourth-order valence-electron chi connectivity index (χ4n) is 3.26. The average Bonchev–Trinajstić information content (AvgIpc) is 2.84. The third-order valence-corrected chi connectivity index (χ3v) is 5.08. The van der Waals surface area contributed by atoms with Gasteiger partial charge in [-0.25, -0.2) is 0 Å². The highest BCUT2D eigenvalue weighted by molar-refractivity contribution is 5.77. The molecule has 0 unspecified atom stereocenters. The van der Waals surface area contributed by atoms with E-state index in [1.54, 1.807) is 7.05 Å². The Kier molecular flexibility index (Phi) is 20.3. The van der Waals surface area contributed by atoms with Crippen molar-refractivity contribution in [2.24, 2.45) is 5.41 Å². The van der Waals surface area contributed by atoms with Crippen LogP contribution < -0.4 is 21.3 Å². The molecule has 4 amide bonds. The molecule has 0 saturated heterocycles. The van der Waals surface area contributed by atoms with E-state index < -0.39 is 5.41 Å². The fourth-order valence-corrected chi connectivity index (χ4v) is 3.26. The van der Waals surface area contributed by atoms with Crippen molar-refractivity contribution in [1.29, 1.82) is 0 Å². The first-order chi connectivity index (χ1) is 18.0. The van der Waals surface area contributed by atoms with Crippen LogP contribution in [0.1, 0.15) is 60.3 Å². The van der Waals surface area contributed by atoms with Gasteiger partial charge in [0.25, 0.3) is 0 Å². The maximum Gasteiger partial charge on any atom is 0.222 e. The number of carbonyl (C=O) groups is 4. The molecule has 0 aromatic carbocycles. The van der Waals surface area contributed by atoms with Gasteiger partial charge in [0.05, 0.1) is 58.3 Å². The van der Waals surface area contributed by atoms with Gasteiger partial charge in [0, 0.05) is 51.4 Å². The van der Waals surface area contributed by atoms with Gasteiger partial charge >= 0.3 is 0 Å². The van der Waals surface area contributed by atoms with Crippen LogP contribution in [-0.2, 0) is 38.1 Å². The quantitative estimate of drug-likeness (QED) is 0.135. The first kappa shape index (κ1) is 35.7. The molecular formula is C26H50N4O8. The number of nitrogens with one attached hydrogen (secondary N) is 4. The minimum atomic E-state index is -0.785. The van der Waals surface area contributed by atoms with E-state index in [1.807, 2.05) is 34.6 Å². The van der Waals surface area contributed by atoms with Crippen LogP contribution in [0.4, 0.5) is 0 Å². The van der Waals surface area contributed by atoms with Crippen molar-refractivity contribution >= 4 is 23.6 Å². The Morgan fingerprint density at radius 3 is 1.26 bits per heavy atom. The Labute approximate surface area is 227 Å². The van der Waals surface area contributed by atoms with E-state index in [9.17, 15) is 19.2 Å². The average molecular weight is 547 g/mol. The third kappa shape index (κ3) is 19.8. The molecule has 38 heavy (non-hydrogen) atoms. The molecule has 0 aromatic heterocycles. The molecule has 222 valence electrons. The predicted molar refractivity (Wildman–Crippen MR) is 143 cm³/mol. The van der Waals surface area contributed by atoms with Crippen molar-refractivity contribution in [2.75, 3.05) is 66.4 Å². The van der Waals surface area contributed by atoms with Crippen LogP contribution in [0.25, 0.3) is 0 Å². The van der Waals surface area contributed by atoms with Gasteiger partial charge in [0.1, 0.15) is 0 Å². The van der Waals surface area contributed by atoms with Crippen LogP contribution in [0, 0.1) is 5.41 Å². The van der Waals surface area contributed by atoms with Crippen molar-refractivity contribution in [3.8, 4) is 0 Å². The van der Waals surface area contributed by atoms with Crippen LogP contribution >= 0.6 is 0 Å². The SMILES string of the molecule is CCNC(=O)CCOCC(COCCC(=O)NC)(COCCC(=O)NC(C)C)COCCC(=O)NC(C)C. The summed E-state index contributed by atoms with van der Waals surface area (Å²) in [4.78, 5) is 47.3. The zero-order valence-electron chi connectivity index (χ0n) is 24.1. The highest BCUT2D eigenvalue weighted by atomic mass is 16.5. The second-order valence-corrected chi connectivity index (χ2v) is 9.78. The minimum Gasteiger partial charge on any atom is -0.380 e. The van der Waals surface area contributed by atoms with E-state index in [2.05, 4.69) is 21.3 Å². The molecule has 0 bridgehead atoms. The van der Waals surface area contributed by atoms with Gasteiger partial charge in [0.15, 0.2) is 0 Å². The molecule has 0 rings (SSSR count). The van der Waals surface area contributed by atoms with Crippen LogP contribution in [-0.4, -0.2) is 102 Å². The third-order valence-electron chi connectivity index (χ3n) is 5.08. The van der Waals surface area contributed by atoms with E-state index in [4.69, 9.17) is 18.9 Å². The smallest absolute Gasteiger partial charge is 0.222 e. The largest absolute Gasteiger partial charge is 0.380 e. The molecule has 0 aliphatic carbocycles. The molecule has 0 heterocycles. The summed E-state index contributed by atoms with van der Waals surface area (Å²) in [7, 11) is 1.56. The number of ether oxygens (including phenoxy) is 4. The summed E-state index contributed by atoms with van der Waals surface area (Å²) in [6.45, 7) is 11.3. The maximum atomic E-state index is 12.0. The van der Waals surface area contributed by atoms with Gasteiger partial charge in [-0.2, -0.15) is 0 Å². The van der Waals surface area contributed by atoms with Crippen LogP contribution in [0.15, 0.2) is 0 Å². The number of rotatable bonds is 23. The Morgan fingerprint density at radius 1 is 0.605 bits per heavy atom. The summed E-state index contributed by atoms with van der Waals surface area (Å²) >= 11 is 0. The fraction of sp³-hybridized carbons (Fsp3) is 0.846. The molecule has 0 atom stereocenters. The first-order valence-corrected chi connectivity index (χ1v) is 13.4. The molecule has 12 nitrogen and oxygen atoms in total. The van der Waals surface area contributed by atoms with E-state index in [0.717, 1.165) is 0 Å². The second kappa shape index (κ2) is 21.6. The molecule has 0 aliphatic heterocycles. The molecule has 12 heteroatoms. The van der Waals surface area contributed by atoms with E-state index in [-0.39, 0.29) is 114 Å². The zero-order chi connectivity index (χ0) is 28.8.